The van der Waals surface area contributed by atoms with Crippen LogP contribution in [0.15, 0.2) is 54.0 Å². The summed E-state index contributed by atoms with van der Waals surface area (Å²) < 4.78 is 46.6. The van der Waals surface area contributed by atoms with Gasteiger partial charge in [-0.05, 0) is 23.3 Å². The lowest BCUT2D eigenvalue weighted by Crippen LogP contribution is -2.17. The standard InChI is InChI=1S/C20H16F3NO4S/c1-27-17-10-14(28-20(21,22)23)5-6-15(17)12-3-2-4-13(9-12)16(11-18(25)26)19-24-7-8-29-19/h2-10,16H,11H2,1H3,(H,25,26). The van der Waals surface area contributed by atoms with Gasteiger partial charge in [-0.3, -0.25) is 4.79 Å². The van der Waals surface area contributed by atoms with E-state index in [0.29, 0.717) is 16.1 Å². The topological polar surface area (TPSA) is 68.7 Å². The number of carboxylic acid groups (broad SMARTS) is 1. The molecule has 2 aromatic carbocycles. The number of halogens is 3. The van der Waals surface area contributed by atoms with Crippen LogP contribution in [-0.4, -0.2) is 29.5 Å². The fourth-order valence-corrected chi connectivity index (χ4v) is 3.73. The Hall–Kier alpha value is -3.07. The van der Waals surface area contributed by atoms with Crippen molar-refractivity contribution >= 4 is 17.3 Å². The molecule has 0 amide bonds. The average molecular weight is 423 g/mol. The molecule has 1 N–H and O–H groups in total. The second-order valence-electron chi connectivity index (χ2n) is 6.06. The van der Waals surface area contributed by atoms with Gasteiger partial charge in [-0.15, -0.1) is 24.5 Å². The van der Waals surface area contributed by atoms with Crippen LogP contribution in [-0.2, 0) is 4.79 Å². The van der Waals surface area contributed by atoms with Crippen LogP contribution in [0.4, 0.5) is 13.2 Å². The summed E-state index contributed by atoms with van der Waals surface area (Å²) in [5, 5.41) is 11.7. The number of nitrogens with zero attached hydrogens (tertiary/aromatic N) is 1. The first kappa shape index (κ1) is 20.7. The molecule has 0 aliphatic heterocycles. The summed E-state index contributed by atoms with van der Waals surface area (Å²) in [5.41, 5.74) is 1.96. The zero-order valence-electron chi connectivity index (χ0n) is 15.1. The van der Waals surface area contributed by atoms with Crippen LogP contribution in [0.1, 0.15) is 22.9 Å². The van der Waals surface area contributed by atoms with Gasteiger partial charge in [0.1, 0.15) is 16.5 Å². The van der Waals surface area contributed by atoms with Crippen LogP contribution in [0.3, 0.4) is 0 Å². The van der Waals surface area contributed by atoms with E-state index >= 15 is 0 Å². The third-order valence-corrected chi connectivity index (χ3v) is 5.02. The van der Waals surface area contributed by atoms with Crippen molar-refractivity contribution in [3.8, 4) is 22.6 Å². The summed E-state index contributed by atoms with van der Waals surface area (Å²) in [6.07, 6.45) is -3.32. The third kappa shape index (κ3) is 5.26. The molecule has 0 fully saturated rings. The van der Waals surface area contributed by atoms with Gasteiger partial charge in [0.25, 0.3) is 0 Å². The lowest BCUT2D eigenvalue weighted by atomic mass is 9.92. The van der Waals surface area contributed by atoms with Gasteiger partial charge >= 0.3 is 12.3 Å². The van der Waals surface area contributed by atoms with Crippen molar-refractivity contribution in [1.82, 2.24) is 4.98 Å². The fourth-order valence-electron chi connectivity index (χ4n) is 2.96. The molecule has 1 heterocycles. The number of aromatic nitrogens is 1. The number of carbonyl (C=O) groups is 1. The first-order valence-electron chi connectivity index (χ1n) is 8.42. The highest BCUT2D eigenvalue weighted by Gasteiger charge is 2.31. The Morgan fingerprint density at radius 1 is 1.24 bits per heavy atom. The number of ether oxygens (including phenoxy) is 2. The number of hydrogen-bond donors (Lipinski definition) is 1. The molecule has 0 aliphatic carbocycles. The van der Waals surface area contributed by atoms with E-state index in [1.807, 2.05) is 0 Å². The number of carboxylic acids is 1. The number of hydrogen-bond acceptors (Lipinski definition) is 5. The number of thiazole rings is 1. The number of rotatable bonds is 7. The summed E-state index contributed by atoms with van der Waals surface area (Å²) >= 11 is 1.36. The summed E-state index contributed by atoms with van der Waals surface area (Å²) in [5.74, 6) is -1.58. The monoisotopic (exact) mass is 423 g/mol. The van der Waals surface area contributed by atoms with Crippen LogP contribution < -0.4 is 9.47 Å². The molecular formula is C20H16F3NO4S. The van der Waals surface area contributed by atoms with Crippen molar-refractivity contribution in [2.24, 2.45) is 0 Å². The molecule has 152 valence electrons. The molecule has 9 heteroatoms. The number of benzene rings is 2. The minimum Gasteiger partial charge on any atom is -0.496 e. The van der Waals surface area contributed by atoms with Crippen molar-refractivity contribution in [1.29, 1.82) is 0 Å². The molecule has 0 aliphatic rings. The van der Waals surface area contributed by atoms with Crippen molar-refractivity contribution in [2.75, 3.05) is 7.11 Å². The number of alkyl halides is 3. The van der Waals surface area contributed by atoms with Crippen molar-refractivity contribution in [2.45, 2.75) is 18.7 Å². The summed E-state index contributed by atoms with van der Waals surface area (Å²) in [6.45, 7) is 0. The van der Waals surface area contributed by atoms with Crippen LogP contribution >= 0.6 is 11.3 Å². The van der Waals surface area contributed by atoms with E-state index in [-0.39, 0.29) is 17.9 Å². The lowest BCUT2D eigenvalue weighted by Gasteiger charge is -2.16. The molecule has 3 aromatic rings. The largest absolute Gasteiger partial charge is 0.573 e. The zero-order valence-corrected chi connectivity index (χ0v) is 16.0. The van der Waals surface area contributed by atoms with E-state index in [9.17, 15) is 23.1 Å². The summed E-state index contributed by atoms with van der Waals surface area (Å²) in [6, 6.07) is 10.9. The number of aliphatic carboxylic acids is 1. The Morgan fingerprint density at radius 2 is 2.03 bits per heavy atom. The van der Waals surface area contributed by atoms with Crippen molar-refractivity contribution < 1.29 is 32.5 Å². The Bertz CT molecular complexity index is 990. The van der Waals surface area contributed by atoms with E-state index in [1.165, 1.54) is 30.6 Å². The van der Waals surface area contributed by atoms with Crippen LogP contribution in [0.5, 0.6) is 11.5 Å². The molecule has 3 rings (SSSR count). The molecule has 0 radical (unpaired) electrons. The Balaban J connectivity index is 1.99. The van der Waals surface area contributed by atoms with Gasteiger partial charge in [0.2, 0.25) is 0 Å². The van der Waals surface area contributed by atoms with Gasteiger partial charge in [-0.2, -0.15) is 0 Å². The highest BCUT2D eigenvalue weighted by atomic mass is 32.1. The van der Waals surface area contributed by atoms with Crippen molar-refractivity contribution in [3.05, 3.63) is 64.6 Å². The molecule has 0 saturated heterocycles. The smallest absolute Gasteiger partial charge is 0.496 e. The molecule has 0 saturated carbocycles. The molecule has 0 spiro atoms. The first-order valence-corrected chi connectivity index (χ1v) is 9.30. The predicted octanol–water partition coefficient (Wildman–Crippen LogP) is 5.32. The van der Waals surface area contributed by atoms with E-state index in [2.05, 4.69) is 9.72 Å². The fraction of sp³-hybridized carbons (Fsp3) is 0.200. The second kappa shape index (κ2) is 8.52. The number of methoxy groups -OCH3 is 1. The Morgan fingerprint density at radius 3 is 2.66 bits per heavy atom. The molecule has 1 aromatic heterocycles. The maximum atomic E-state index is 12.5. The van der Waals surface area contributed by atoms with Gasteiger partial charge in [-0.1, -0.05) is 24.3 Å². The van der Waals surface area contributed by atoms with Gasteiger partial charge in [0.05, 0.1) is 13.5 Å². The van der Waals surface area contributed by atoms with Gasteiger partial charge in [0, 0.05) is 29.1 Å². The zero-order chi connectivity index (χ0) is 21.0. The van der Waals surface area contributed by atoms with Crippen molar-refractivity contribution in [3.63, 3.8) is 0 Å². The third-order valence-electron chi connectivity index (χ3n) is 4.13. The Labute approximate surface area is 168 Å². The maximum absolute atomic E-state index is 12.5. The van der Waals surface area contributed by atoms with Crippen LogP contribution in [0.25, 0.3) is 11.1 Å². The first-order chi connectivity index (χ1) is 13.8. The van der Waals surface area contributed by atoms with Crippen LogP contribution in [0, 0.1) is 0 Å². The van der Waals surface area contributed by atoms with E-state index in [1.54, 1.807) is 35.8 Å². The Kier molecular flexibility index (Phi) is 6.07. The molecule has 29 heavy (non-hydrogen) atoms. The predicted molar refractivity (Wildman–Crippen MR) is 101 cm³/mol. The highest BCUT2D eigenvalue weighted by molar-refractivity contribution is 7.09. The molecule has 1 unspecified atom stereocenters. The molecule has 0 bridgehead atoms. The maximum Gasteiger partial charge on any atom is 0.573 e. The summed E-state index contributed by atoms with van der Waals surface area (Å²) in [7, 11) is 1.35. The highest BCUT2D eigenvalue weighted by Crippen LogP contribution is 2.37. The van der Waals surface area contributed by atoms with E-state index in [4.69, 9.17) is 4.74 Å². The SMILES string of the molecule is COc1cc(OC(F)(F)F)ccc1-c1cccc(C(CC(=O)O)c2nccs2)c1. The normalized spacial score (nSPS) is 12.4. The lowest BCUT2D eigenvalue weighted by molar-refractivity contribution is -0.274. The quantitative estimate of drug-likeness (QED) is 0.557. The molecule has 5 nitrogen and oxygen atoms in total. The van der Waals surface area contributed by atoms with Gasteiger partial charge < -0.3 is 14.6 Å². The van der Waals surface area contributed by atoms with E-state index in [0.717, 1.165) is 11.6 Å². The second-order valence-corrected chi connectivity index (χ2v) is 6.98. The molecular weight excluding hydrogens is 407 g/mol. The minimum atomic E-state index is -4.80. The summed E-state index contributed by atoms with van der Waals surface area (Å²) in [4.78, 5) is 15.6. The average Bonchev–Trinajstić information content (AvgIpc) is 3.19. The van der Waals surface area contributed by atoms with Gasteiger partial charge in [0.15, 0.2) is 0 Å². The van der Waals surface area contributed by atoms with Gasteiger partial charge in [-0.25, -0.2) is 4.98 Å². The van der Waals surface area contributed by atoms with E-state index < -0.39 is 18.2 Å². The minimum absolute atomic E-state index is 0.132. The molecule has 1 atom stereocenters. The van der Waals surface area contributed by atoms with Crippen LogP contribution in [0.2, 0.25) is 0 Å².